The Balaban J connectivity index is 2.39. The van der Waals surface area contributed by atoms with E-state index in [4.69, 9.17) is 11.6 Å². The van der Waals surface area contributed by atoms with Crippen LogP contribution >= 0.6 is 11.6 Å². The minimum Gasteiger partial charge on any atom is -0.263 e. The molecule has 2 rings (SSSR count). The summed E-state index contributed by atoms with van der Waals surface area (Å²) in [6, 6.07) is 6.17. The molecule has 0 aromatic carbocycles. The van der Waals surface area contributed by atoms with Gasteiger partial charge in [0.15, 0.2) is 0 Å². The van der Waals surface area contributed by atoms with Crippen LogP contribution in [0.5, 0.6) is 0 Å². The normalized spacial score (nSPS) is 11.2. The lowest BCUT2D eigenvalue weighted by Crippen LogP contribution is -2.27. The number of sulfonamides is 1. The Morgan fingerprint density at radius 2 is 2.00 bits per heavy atom. The molecule has 0 amide bonds. The summed E-state index contributed by atoms with van der Waals surface area (Å²) in [4.78, 5) is 7.87. The number of nitrogens with zero attached hydrogens (tertiary/aromatic N) is 3. The minimum atomic E-state index is -3.64. The molecule has 5 nitrogen and oxygen atoms in total. The smallest absolute Gasteiger partial charge is 0.263 e. The van der Waals surface area contributed by atoms with Gasteiger partial charge in [0, 0.05) is 25.6 Å². The molecule has 0 unspecified atom stereocenters. The lowest BCUT2D eigenvalue weighted by Gasteiger charge is -2.17. The number of rotatable bonds is 3. The number of anilines is 1. The van der Waals surface area contributed by atoms with Crippen LogP contribution in [0.25, 0.3) is 0 Å². The fourth-order valence-electron chi connectivity index (χ4n) is 1.34. The van der Waals surface area contributed by atoms with E-state index in [1.807, 2.05) is 0 Å². The van der Waals surface area contributed by atoms with E-state index in [-0.39, 0.29) is 4.90 Å². The van der Waals surface area contributed by atoms with Gasteiger partial charge >= 0.3 is 0 Å². The number of halogens is 1. The van der Waals surface area contributed by atoms with Gasteiger partial charge in [-0.25, -0.2) is 13.4 Å². The Kier molecular flexibility index (Phi) is 3.49. The average Bonchev–Trinajstić information content (AvgIpc) is 2.40. The maximum atomic E-state index is 12.2. The van der Waals surface area contributed by atoms with Gasteiger partial charge in [0.2, 0.25) is 0 Å². The van der Waals surface area contributed by atoms with Crippen LogP contribution < -0.4 is 4.31 Å². The van der Waals surface area contributed by atoms with E-state index in [2.05, 4.69) is 9.97 Å². The number of pyridine rings is 2. The fraction of sp³-hybridized carbons (Fsp3) is 0.0909. The third-order valence-electron chi connectivity index (χ3n) is 2.33. The zero-order valence-corrected chi connectivity index (χ0v) is 11.1. The maximum Gasteiger partial charge on any atom is 0.266 e. The predicted octanol–water partition coefficient (Wildman–Crippen LogP) is 1.96. The number of aromatic nitrogens is 2. The first-order valence-corrected chi connectivity index (χ1v) is 6.84. The second kappa shape index (κ2) is 4.91. The van der Waals surface area contributed by atoms with Crippen molar-refractivity contribution in [3.05, 3.63) is 47.9 Å². The number of hydrogen-bond acceptors (Lipinski definition) is 4. The van der Waals surface area contributed by atoms with Crippen LogP contribution in [0.4, 0.5) is 5.82 Å². The van der Waals surface area contributed by atoms with Gasteiger partial charge < -0.3 is 0 Å². The molecule has 0 bridgehead atoms. The van der Waals surface area contributed by atoms with Crippen LogP contribution in [0.1, 0.15) is 0 Å². The molecule has 0 spiro atoms. The molecule has 0 atom stereocenters. The summed E-state index contributed by atoms with van der Waals surface area (Å²) < 4.78 is 25.5. The topological polar surface area (TPSA) is 63.2 Å². The quantitative estimate of drug-likeness (QED) is 0.864. The van der Waals surface area contributed by atoms with E-state index in [9.17, 15) is 8.42 Å². The Morgan fingerprint density at radius 3 is 2.56 bits per heavy atom. The molecule has 0 fully saturated rings. The summed E-state index contributed by atoms with van der Waals surface area (Å²) in [7, 11) is -2.21. The first kappa shape index (κ1) is 12.8. The molecule has 0 N–H and O–H groups in total. The highest BCUT2D eigenvalue weighted by molar-refractivity contribution is 7.92. The molecule has 0 aliphatic rings. The first-order chi connectivity index (χ1) is 8.51. The van der Waals surface area contributed by atoms with E-state index >= 15 is 0 Å². The van der Waals surface area contributed by atoms with Crippen LogP contribution in [0.3, 0.4) is 0 Å². The molecule has 0 radical (unpaired) electrons. The summed E-state index contributed by atoms with van der Waals surface area (Å²) >= 11 is 5.71. The van der Waals surface area contributed by atoms with Gasteiger partial charge in [-0.2, -0.15) is 0 Å². The Bertz CT molecular complexity index is 629. The summed E-state index contributed by atoms with van der Waals surface area (Å²) in [6.07, 6.45) is 4.20. The van der Waals surface area contributed by atoms with Crippen LogP contribution in [0.15, 0.2) is 47.8 Å². The molecule has 2 aromatic heterocycles. The highest BCUT2D eigenvalue weighted by atomic mass is 35.5. The summed E-state index contributed by atoms with van der Waals surface area (Å²) in [5, 5.41) is 0.450. The molecule has 0 aliphatic heterocycles. The van der Waals surface area contributed by atoms with Gasteiger partial charge in [-0.15, -0.1) is 0 Å². The van der Waals surface area contributed by atoms with E-state index in [0.717, 1.165) is 4.31 Å². The monoisotopic (exact) mass is 283 g/mol. The zero-order chi connectivity index (χ0) is 13.2. The summed E-state index contributed by atoms with van der Waals surface area (Å²) in [5.41, 5.74) is 0. The van der Waals surface area contributed by atoms with Crippen molar-refractivity contribution in [2.24, 2.45) is 0 Å². The molecule has 0 saturated heterocycles. The Morgan fingerprint density at radius 1 is 1.22 bits per heavy atom. The van der Waals surface area contributed by atoms with Gasteiger partial charge in [-0.3, -0.25) is 9.29 Å². The van der Waals surface area contributed by atoms with Crippen LogP contribution in [0, 0.1) is 0 Å². The fourth-order valence-corrected chi connectivity index (χ4v) is 2.56. The zero-order valence-electron chi connectivity index (χ0n) is 9.49. The third kappa shape index (κ3) is 2.44. The van der Waals surface area contributed by atoms with E-state index in [1.54, 1.807) is 12.1 Å². The van der Waals surface area contributed by atoms with Gasteiger partial charge in [0.1, 0.15) is 10.7 Å². The van der Waals surface area contributed by atoms with Crippen molar-refractivity contribution < 1.29 is 8.42 Å². The molecule has 2 heterocycles. The molecular weight excluding hydrogens is 274 g/mol. The summed E-state index contributed by atoms with van der Waals surface area (Å²) in [6.45, 7) is 0. The first-order valence-electron chi connectivity index (χ1n) is 5.02. The SMILES string of the molecule is CN(c1ccc(Cl)cn1)S(=O)(=O)c1cccnc1. The lowest BCUT2D eigenvalue weighted by molar-refractivity contribution is 0.593. The predicted molar refractivity (Wildman–Crippen MR) is 69.1 cm³/mol. The molecule has 2 aromatic rings. The van der Waals surface area contributed by atoms with Gasteiger partial charge in [0.25, 0.3) is 10.0 Å². The minimum absolute atomic E-state index is 0.115. The van der Waals surface area contributed by atoms with Crippen LogP contribution in [-0.2, 0) is 10.0 Å². The second-order valence-corrected chi connectivity index (χ2v) is 5.90. The molecule has 7 heteroatoms. The van der Waals surface area contributed by atoms with Crippen LogP contribution in [0.2, 0.25) is 5.02 Å². The van der Waals surface area contributed by atoms with E-state index in [1.165, 1.54) is 37.8 Å². The Hall–Kier alpha value is -1.66. The maximum absolute atomic E-state index is 12.2. The third-order valence-corrected chi connectivity index (χ3v) is 4.30. The van der Waals surface area contributed by atoms with Crippen LogP contribution in [-0.4, -0.2) is 25.4 Å². The van der Waals surface area contributed by atoms with Crippen molar-refractivity contribution in [1.82, 2.24) is 9.97 Å². The van der Waals surface area contributed by atoms with Crippen molar-refractivity contribution in [2.75, 3.05) is 11.4 Å². The van der Waals surface area contributed by atoms with Crippen molar-refractivity contribution in [1.29, 1.82) is 0 Å². The highest BCUT2D eigenvalue weighted by Gasteiger charge is 2.21. The van der Waals surface area contributed by atoms with Gasteiger partial charge in [-0.05, 0) is 24.3 Å². The van der Waals surface area contributed by atoms with E-state index in [0.29, 0.717) is 10.8 Å². The van der Waals surface area contributed by atoms with Crippen molar-refractivity contribution >= 4 is 27.4 Å². The highest BCUT2D eigenvalue weighted by Crippen LogP contribution is 2.20. The standard InChI is InChI=1S/C11H10ClN3O2S/c1-15(11-5-4-9(12)7-14-11)18(16,17)10-3-2-6-13-8-10/h2-8H,1H3. The molecule has 18 heavy (non-hydrogen) atoms. The molecule has 0 aliphatic carbocycles. The van der Waals surface area contributed by atoms with Crippen molar-refractivity contribution in [2.45, 2.75) is 4.90 Å². The number of hydrogen-bond donors (Lipinski definition) is 0. The second-order valence-electron chi connectivity index (χ2n) is 3.50. The molecule has 94 valence electrons. The van der Waals surface area contributed by atoms with Gasteiger partial charge in [0.05, 0.1) is 5.02 Å². The average molecular weight is 284 g/mol. The van der Waals surface area contributed by atoms with Gasteiger partial charge in [-0.1, -0.05) is 11.6 Å². The lowest BCUT2D eigenvalue weighted by atomic mass is 10.5. The van der Waals surface area contributed by atoms with Crippen molar-refractivity contribution in [3.8, 4) is 0 Å². The molecule has 0 saturated carbocycles. The Labute approximate surface area is 110 Å². The summed E-state index contributed by atoms with van der Waals surface area (Å²) in [5.74, 6) is 0.295. The van der Waals surface area contributed by atoms with E-state index < -0.39 is 10.0 Å². The molecular formula is C11H10ClN3O2S. The van der Waals surface area contributed by atoms with Crippen molar-refractivity contribution in [3.63, 3.8) is 0 Å². The largest absolute Gasteiger partial charge is 0.266 e.